The van der Waals surface area contributed by atoms with Crippen molar-refractivity contribution in [3.8, 4) is 0 Å². The Kier molecular flexibility index (Phi) is 5.23. The SMILES string of the molecule is Cc1ncccc1C(=O)NCc1ccccc1CN1CC[C@H](O)C1. The van der Waals surface area contributed by atoms with Crippen molar-refractivity contribution in [1.82, 2.24) is 15.2 Å². The van der Waals surface area contributed by atoms with Crippen LogP contribution in [-0.2, 0) is 13.1 Å². The monoisotopic (exact) mass is 325 g/mol. The van der Waals surface area contributed by atoms with Crippen molar-refractivity contribution in [3.63, 3.8) is 0 Å². The molecule has 2 aromatic rings. The van der Waals surface area contributed by atoms with Crippen LogP contribution in [0.2, 0.25) is 0 Å². The number of aryl methyl sites for hydroxylation is 1. The van der Waals surface area contributed by atoms with Gasteiger partial charge in [-0.2, -0.15) is 0 Å². The second-order valence-electron chi connectivity index (χ2n) is 6.27. The summed E-state index contributed by atoms with van der Waals surface area (Å²) >= 11 is 0. The maximum Gasteiger partial charge on any atom is 0.253 e. The summed E-state index contributed by atoms with van der Waals surface area (Å²) in [6.45, 7) is 4.75. The molecule has 126 valence electrons. The van der Waals surface area contributed by atoms with Crippen LogP contribution in [0.4, 0.5) is 0 Å². The van der Waals surface area contributed by atoms with Crippen LogP contribution in [0.15, 0.2) is 42.6 Å². The molecule has 3 rings (SSSR count). The summed E-state index contributed by atoms with van der Waals surface area (Å²) in [6.07, 6.45) is 2.30. The molecule has 2 heterocycles. The predicted molar refractivity (Wildman–Crippen MR) is 92.5 cm³/mol. The zero-order valence-electron chi connectivity index (χ0n) is 13.9. The van der Waals surface area contributed by atoms with E-state index in [-0.39, 0.29) is 12.0 Å². The normalized spacial score (nSPS) is 17.8. The smallest absolute Gasteiger partial charge is 0.253 e. The fraction of sp³-hybridized carbons (Fsp3) is 0.368. The highest BCUT2D eigenvalue weighted by Crippen LogP contribution is 2.16. The quantitative estimate of drug-likeness (QED) is 0.881. The minimum atomic E-state index is -0.217. The molecular formula is C19H23N3O2. The van der Waals surface area contributed by atoms with Gasteiger partial charge in [-0.3, -0.25) is 14.7 Å². The number of nitrogens with one attached hydrogen (secondary N) is 1. The molecule has 1 fully saturated rings. The molecule has 24 heavy (non-hydrogen) atoms. The number of aromatic nitrogens is 1. The number of carbonyl (C=O) groups excluding carboxylic acids is 1. The molecule has 1 aliphatic heterocycles. The highest BCUT2D eigenvalue weighted by atomic mass is 16.3. The number of aliphatic hydroxyl groups is 1. The van der Waals surface area contributed by atoms with Crippen molar-refractivity contribution in [2.45, 2.75) is 32.5 Å². The number of nitrogens with zero attached hydrogens (tertiary/aromatic N) is 2. The first-order chi connectivity index (χ1) is 11.6. The first kappa shape index (κ1) is 16.6. The Labute approximate surface area is 142 Å². The predicted octanol–water partition coefficient (Wildman–Crippen LogP) is 1.89. The summed E-state index contributed by atoms with van der Waals surface area (Å²) in [7, 11) is 0. The fourth-order valence-electron chi connectivity index (χ4n) is 3.08. The number of rotatable bonds is 5. The minimum Gasteiger partial charge on any atom is -0.392 e. The lowest BCUT2D eigenvalue weighted by Crippen LogP contribution is -2.26. The van der Waals surface area contributed by atoms with Crippen molar-refractivity contribution in [2.75, 3.05) is 13.1 Å². The Balaban J connectivity index is 1.65. The molecule has 0 aliphatic carbocycles. The Bertz CT molecular complexity index is 717. The first-order valence-corrected chi connectivity index (χ1v) is 8.30. The van der Waals surface area contributed by atoms with Crippen molar-refractivity contribution in [1.29, 1.82) is 0 Å². The maximum absolute atomic E-state index is 12.3. The molecule has 1 aliphatic rings. The van der Waals surface area contributed by atoms with Crippen LogP contribution >= 0.6 is 0 Å². The summed E-state index contributed by atoms with van der Waals surface area (Å²) < 4.78 is 0. The van der Waals surface area contributed by atoms with Gasteiger partial charge in [0.1, 0.15) is 0 Å². The van der Waals surface area contributed by atoms with E-state index in [4.69, 9.17) is 0 Å². The van der Waals surface area contributed by atoms with E-state index in [0.717, 1.165) is 37.3 Å². The Morgan fingerprint density at radius 3 is 2.79 bits per heavy atom. The van der Waals surface area contributed by atoms with Gasteiger partial charge in [-0.05, 0) is 36.6 Å². The summed E-state index contributed by atoms with van der Waals surface area (Å²) in [4.78, 5) is 18.7. The summed E-state index contributed by atoms with van der Waals surface area (Å²) in [5.41, 5.74) is 3.63. The summed E-state index contributed by atoms with van der Waals surface area (Å²) in [5.74, 6) is -0.105. The van der Waals surface area contributed by atoms with E-state index >= 15 is 0 Å². The lowest BCUT2D eigenvalue weighted by Gasteiger charge is -2.18. The number of amides is 1. The fourth-order valence-corrected chi connectivity index (χ4v) is 3.08. The Morgan fingerprint density at radius 1 is 1.29 bits per heavy atom. The van der Waals surface area contributed by atoms with Gasteiger partial charge in [0.15, 0.2) is 0 Å². The van der Waals surface area contributed by atoms with Crippen molar-refractivity contribution in [3.05, 3.63) is 65.0 Å². The molecule has 0 radical (unpaired) electrons. The van der Waals surface area contributed by atoms with Crippen LogP contribution in [0.1, 0.15) is 33.6 Å². The molecule has 1 atom stereocenters. The molecule has 5 nitrogen and oxygen atoms in total. The van der Waals surface area contributed by atoms with Crippen molar-refractivity contribution >= 4 is 5.91 Å². The van der Waals surface area contributed by atoms with Crippen LogP contribution in [0, 0.1) is 6.92 Å². The molecule has 2 N–H and O–H groups in total. The van der Waals surface area contributed by atoms with E-state index in [2.05, 4.69) is 21.3 Å². The molecule has 0 spiro atoms. The van der Waals surface area contributed by atoms with E-state index < -0.39 is 0 Å². The van der Waals surface area contributed by atoms with Gasteiger partial charge in [0.25, 0.3) is 5.91 Å². The Hall–Kier alpha value is -2.24. The third-order valence-electron chi connectivity index (χ3n) is 4.45. The second kappa shape index (κ2) is 7.55. The van der Waals surface area contributed by atoms with E-state index in [1.807, 2.05) is 25.1 Å². The summed E-state index contributed by atoms with van der Waals surface area (Å²) in [5, 5.41) is 12.7. The average Bonchev–Trinajstić information content (AvgIpc) is 2.99. The largest absolute Gasteiger partial charge is 0.392 e. The molecule has 0 unspecified atom stereocenters. The number of aliphatic hydroxyl groups excluding tert-OH is 1. The van der Waals surface area contributed by atoms with E-state index in [1.165, 1.54) is 5.56 Å². The average molecular weight is 325 g/mol. The molecule has 0 bridgehead atoms. The van der Waals surface area contributed by atoms with Crippen molar-refractivity contribution in [2.24, 2.45) is 0 Å². The highest BCUT2D eigenvalue weighted by Gasteiger charge is 2.20. The molecular weight excluding hydrogens is 302 g/mol. The molecule has 0 saturated carbocycles. The van der Waals surface area contributed by atoms with Gasteiger partial charge in [0, 0.05) is 38.1 Å². The van der Waals surface area contributed by atoms with Gasteiger partial charge in [-0.25, -0.2) is 0 Å². The van der Waals surface area contributed by atoms with Gasteiger partial charge in [-0.1, -0.05) is 24.3 Å². The van der Waals surface area contributed by atoms with E-state index in [1.54, 1.807) is 18.3 Å². The zero-order chi connectivity index (χ0) is 16.9. The van der Waals surface area contributed by atoms with Crippen LogP contribution in [-0.4, -0.2) is 40.1 Å². The highest BCUT2D eigenvalue weighted by molar-refractivity contribution is 5.95. The van der Waals surface area contributed by atoms with Crippen molar-refractivity contribution < 1.29 is 9.90 Å². The minimum absolute atomic E-state index is 0.105. The Morgan fingerprint density at radius 2 is 2.08 bits per heavy atom. The second-order valence-corrected chi connectivity index (χ2v) is 6.27. The zero-order valence-corrected chi connectivity index (χ0v) is 13.9. The molecule has 1 saturated heterocycles. The van der Waals surface area contributed by atoms with Gasteiger partial charge in [0.05, 0.1) is 11.7 Å². The summed E-state index contributed by atoms with van der Waals surface area (Å²) in [6, 6.07) is 11.7. The maximum atomic E-state index is 12.3. The van der Waals surface area contributed by atoms with Crippen LogP contribution in [0.25, 0.3) is 0 Å². The lowest BCUT2D eigenvalue weighted by molar-refractivity contribution is 0.0949. The van der Waals surface area contributed by atoms with E-state index in [9.17, 15) is 9.90 Å². The number of carbonyl (C=O) groups is 1. The van der Waals surface area contributed by atoms with Gasteiger partial charge >= 0.3 is 0 Å². The standard InChI is InChI=1S/C19H23N3O2/c1-14-18(7-4-9-20-14)19(24)21-11-15-5-2-3-6-16(15)12-22-10-8-17(23)13-22/h2-7,9,17,23H,8,10-13H2,1H3,(H,21,24)/t17-/m0/s1. The van der Waals surface area contributed by atoms with Crippen LogP contribution < -0.4 is 5.32 Å². The lowest BCUT2D eigenvalue weighted by atomic mass is 10.1. The van der Waals surface area contributed by atoms with E-state index in [0.29, 0.717) is 12.1 Å². The molecule has 1 aromatic heterocycles. The molecule has 5 heteroatoms. The molecule has 1 amide bonds. The number of hydrogen-bond donors (Lipinski definition) is 2. The number of benzene rings is 1. The third kappa shape index (κ3) is 3.99. The first-order valence-electron chi connectivity index (χ1n) is 8.30. The third-order valence-corrected chi connectivity index (χ3v) is 4.45. The van der Waals surface area contributed by atoms with Crippen LogP contribution in [0.5, 0.6) is 0 Å². The van der Waals surface area contributed by atoms with Crippen LogP contribution in [0.3, 0.4) is 0 Å². The number of likely N-dealkylation sites (tertiary alicyclic amines) is 1. The van der Waals surface area contributed by atoms with Gasteiger partial charge in [-0.15, -0.1) is 0 Å². The molecule has 1 aromatic carbocycles. The number of hydrogen-bond acceptors (Lipinski definition) is 4. The van der Waals surface area contributed by atoms with Gasteiger partial charge in [0.2, 0.25) is 0 Å². The number of β-amino-alcohol motifs (C(OH)–C–C–N with tert-alkyl or cyclic N) is 1. The van der Waals surface area contributed by atoms with Gasteiger partial charge < -0.3 is 10.4 Å². The number of pyridine rings is 1. The topological polar surface area (TPSA) is 65.5 Å².